The largest absolute Gasteiger partial charge is 0.494 e. The molecule has 3 rings (SSSR count). The Morgan fingerprint density at radius 3 is 2.49 bits per heavy atom. The molecule has 0 radical (unpaired) electrons. The predicted octanol–water partition coefficient (Wildman–Crippen LogP) is 3.00. The summed E-state index contributed by atoms with van der Waals surface area (Å²) < 4.78 is 11.3. The molecule has 13 nitrogen and oxygen atoms in total. The Hall–Kier alpha value is -4.62. The number of carbonyl (C=O) groups excluding carboxylic acids is 1. The summed E-state index contributed by atoms with van der Waals surface area (Å²) in [5.41, 5.74) is 12.2. The van der Waals surface area contributed by atoms with Crippen LogP contribution in [-0.2, 0) is 15.1 Å². The fourth-order valence-electron chi connectivity index (χ4n) is 3.65. The van der Waals surface area contributed by atoms with E-state index < -0.39 is 5.60 Å². The molecule has 7 N–H and O–H groups in total. The maximum absolute atomic E-state index is 11.3. The Labute approximate surface area is 228 Å². The lowest BCUT2D eigenvalue weighted by Crippen LogP contribution is -2.26. The number of aromatic nitrogens is 2. The van der Waals surface area contributed by atoms with E-state index in [4.69, 9.17) is 21.1 Å². The van der Waals surface area contributed by atoms with Gasteiger partial charge in [0, 0.05) is 44.7 Å². The normalized spacial score (nSPS) is 11.5. The monoisotopic (exact) mass is 536 g/mol. The van der Waals surface area contributed by atoms with Crippen molar-refractivity contribution in [2.75, 3.05) is 44.4 Å². The first-order chi connectivity index (χ1) is 18.5. The fraction of sp³-hybridized carbons (Fsp3) is 0.308. The third-order valence-electron chi connectivity index (χ3n) is 5.96. The molecule has 13 heteroatoms. The van der Waals surface area contributed by atoms with Gasteiger partial charge in [0.2, 0.25) is 6.41 Å². The number of benzene rings is 1. The van der Waals surface area contributed by atoms with Crippen molar-refractivity contribution in [3.8, 4) is 5.75 Å². The number of hydrogen-bond acceptors (Lipinski definition) is 11. The third-order valence-corrected chi connectivity index (χ3v) is 5.96. The summed E-state index contributed by atoms with van der Waals surface area (Å²) in [7, 11) is 6.36. The molecule has 0 aliphatic carbocycles. The Morgan fingerprint density at radius 1 is 1.10 bits per heavy atom. The van der Waals surface area contributed by atoms with E-state index in [1.54, 1.807) is 40.6 Å². The molecule has 208 valence electrons. The van der Waals surface area contributed by atoms with Gasteiger partial charge in [-0.05, 0) is 50.6 Å². The van der Waals surface area contributed by atoms with E-state index in [0.717, 1.165) is 16.2 Å². The average Bonchev–Trinajstić information content (AvgIpc) is 2.90. The average molecular weight is 537 g/mol. The van der Waals surface area contributed by atoms with Gasteiger partial charge in [-0.15, -0.1) is 5.10 Å². The summed E-state index contributed by atoms with van der Waals surface area (Å²) in [6.45, 7) is 5.82. The van der Waals surface area contributed by atoms with Gasteiger partial charge in [0.05, 0.1) is 24.0 Å². The van der Waals surface area contributed by atoms with E-state index in [-0.39, 0.29) is 5.84 Å². The lowest BCUT2D eigenvalue weighted by molar-refractivity contribution is -0.115. The number of amidine groups is 1. The third kappa shape index (κ3) is 7.03. The van der Waals surface area contributed by atoms with E-state index in [2.05, 4.69) is 31.1 Å². The van der Waals surface area contributed by atoms with Crippen LogP contribution in [0, 0.1) is 6.92 Å². The highest BCUT2D eigenvalue weighted by Gasteiger charge is 2.21. The zero-order chi connectivity index (χ0) is 28.7. The SMILES string of the molecule is COc1c(Nc2cc(Nc3cc(C(C)(C)OC)ccn3)nc(NN(C)C=O)c2C)cccc1/C(N)=N/N(C)N. The number of para-hydroxylation sites is 1. The maximum Gasteiger partial charge on any atom is 0.227 e. The zero-order valence-corrected chi connectivity index (χ0v) is 23.2. The molecule has 39 heavy (non-hydrogen) atoms. The van der Waals surface area contributed by atoms with Gasteiger partial charge in [0.15, 0.2) is 17.4 Å². The van der Waals surface area contributed by atoms with E-state index >= 15 is 0 Å². The second kappa shape index (κ2) is 12.3. The molecule has 0 spiro atoms. The van der Waals surface area contributed by atoms with E-state index in [1.165, 1.54) is 5.01 Å². The number of nitrogens with zero attached hydrogens (tertiary/aromatic N) is 5. The number of hydrazone groups is 1. The van der Waals surface area contributed by atoms with Crippen molar-refractivity contribution >= 4 is 41.1 Å². The van der Waals surface area contributed by atoms with Crippen molar-refractivity contribution in [3.05, 3.63) is 59.3 Å². The zero-order valence-electron chi connectivity index (χ0n) is 23.2. The van der Waals surface area contributed by atoms with Crippen molar-refractivity contribution < 1.29 is 14.3 Å². The molecule has 2 aromatic heterocycles. The van der Waals surface area contributed by atoms with Gasteiger partial charge in [-0.2, -0.15) is 0 Å². The summed E-state index contributed by atoms with van der Waals surface area (Å²) in [5.74, 6) is 7.80. The summed E-state index contributed by atoms with van der Waals surface area (Å²) in [6.07, 6.45) is 2.35. The van der Waals surface area contributed by atoms with E-state index in [9.17, 15) is 4.79 Å². The van der Waals surface area contributed by atoms with Gasteiger partial charge in [-0.3, -0.25) is 15.2 Å². The highest BCUT2D eigenvalue weighted by molar-refractivity contribution is 6.01. The van der Waals surface area contributed by atoms with Gasteiger partial charge < -0.3 is 25.8 Å². The van der Waals surface area contributed by atoms with Crippen LogP contribution in [0.3, 0.4) is 0 Å². The Morgan fingerprint density at radius 2 is 1.85 bits per heavy atom. The molecule has 0 saturated heterocycles. The highest BCUT2D eigenvalue weighted by Crippen LogP contribution is 2.35. The molecule has 0 aliphatic rings. The number of nitrogens with one attached hydrogen (secondary N) is 3. The standard InChI is InChI=1S/C26H36N10O3/c1-16-20(30-19-10-8-9-18(23(19)38-6)24(27)33-36(5)28)14-22(32-25(16)34-35(4)15-37)31-21-13-17(11-12-29-21)26(2,3)39-7/h8-15H,28H2,1-7H3,(H2,27,33)(H3,29,30,31,32,34). The second-order valence-corrected chi connectivity index (χ2v) is 9.20. The Balaban J connectivity index is 2.07. The van der Waals surface area contributed by atoms with Crippen LogP contribution in [0.1, 0.15) is 30.5 Å². The molecule has 2 heterocycles. The number of hydrogen-bond donors (Lipinski definition) is 5. The number of ether oxygens (including phenoxy) is 2. The minimum atomic E-state index is -0.502. The van der Waals surface area contributed by atoms with Crippen LogP contribution in [-0.4, -0.2) is 60.7 Å². The topological polar surface area (TPSA) is 168 Å². The lowest BCUT2D eigenvalue weighted by atomic mass is 9.99. The molecule has 1 amide bonds. The maximum atomic E-state index is 11.3. The van der Waals surface area contributed by atoms with Crippen LogP contribution in [0.5, 0.6) is 5.75 Å². The number of hydrazine groups is 2. The molecule has 0 aliphatic heterocycles. The molecule has 0 saturated carbocycles. The minimum absolute atomic E-state index is 0.189. The quantitative estimate of drug-likeness (QED) is 0.0758. The van der Waals surface area contributed by atoms with E-state index in [0.29, 0.717) is 46.6 Å². The van der Waals surface area contributed by atoms with Crippen molar-refractivity contribution in [1.82, 2.24) is 20.1 Å². The van der Waals surface area contributed by atoms with Crippen molar-refractivity contribution in [2.24, 2.45) is 16.7 Å². The summed E-state index contributed by atoms with van der Waals surface area (Å²) >= 11 is 0. The Kier molecular flexibility index (Phi) is 9.12. The molecule has 0 fully saturated rings. The van der Waals surface area contributed by atoms with Gasteiger partial charge in [0.1, 0.15) is 11.6 Å². The van der Waals surface area contributed by atoms with Gasteiger partial charge in [0.25, 0.3) is 0 Å². The number of pyridine rings is 2. The molecule has 1 aromatic carbocycles. The molecule has 0 atom stereocenters. The molecular weight excluding hydrogens is 500 g/mol. The second-order valence-electron chi connectivity index (χ2n) is 9.20. The van der Waals surface area contributed by atoms with Crippen molar-refractivity contribution in [3.63, 3.8) is 0 Å². The number of nitrogens with two attached hydrogens (primary N) is 2. The number of methoxy groups -OCH3 is 2. The first kappa shape index (κ1) is 28.9. The number of anilines is 5. The predicted molar refractivity (Wildman–Crippen MR) is 153 cm³/mol. The first-order valence-corrected chi connectivity index (χ1v) is 12.0. The van der Waals surface area contributed by atoms with E-state index in [1.807, 2.05) is 51.1 Å². The van der Waals surface area contributed by atoms with Crippen molar-refractivity contribution in [1.29, 1.82) is 0 Å². The molecular formula is C26H36N10O3. The first-order valence-electron chi connectivity index (χ1n) is 12.0. The summed E-state index contributed by atoms with van der Waals surface area (Å²) in [4.78, 5) is 20.4. The molecule has 3 aromatic rings. The van der Waals surface area contributed by atoms with Crippen molar-refractivity contribution in [2.45, 2.75) is 26.4 Å². The van der Waals surface area contributed by atoms with Crippen LogP contribution >= 0.6 is 0 Å². The Bertz CT molecular complexity index is 1340. The minimum Gasteiger partial charge on any atom is -0.494 e. The fourth-order valence-corrected chi connectivity index (χ4v) is 3.65. The summed E-state index contributed by atoms with van der Waals surface area (Å²) in [5, 5.41) is 13.1. The van der Waals surface area contributed by atoms with Crippen LogP contribution in [0.15, 0.2) is 47.7 Å². The molecule has 0 unspecified atom stereocenters. The van der Waals surface area contributed by atoms with Gasteiger partial charge in [-0.25, -0.2) is 20.9 Å². The van der Waals surface area contributed by atoms with Crippen LogP contribution in [0.2, 0.25) is 0 Å². The number of amides is 1. The van der Waals surface area contributed by atoms with Gasteiger partial charge >= 0.3 is 0 Å². The number of carbonyl (C=O) groups is 1. The smallest absolute Gasteiger partial charge is 0.227 e. The van der Waals surface area contributed by atoms with Crippen LogP contribution in [0.25, 0.3) is 0 Å². The number of rotatable bonds is 12. The van der Waals surface area contributed by atoms with Crippen LogP contribution < -0.4 is 32.4 Å². The molecule has 0 bridgehead atoms. The van der Waals surface area contributed by atoms with Gasteiger partial charge in [-0.1, -0.05) is 6.07 Å². The summed E-state index contributed by atoms with van der Waals surface area (Å²) in [6, 6.07) is 11.1. The lowest BCUT2D eigenvalue weighted by Gasteiger charge is -2.24. The highest BCUT2D eigenvalue weighted by atomic mass is 16.5. The van der Waals surface area contributed by atoms with Crippen LogP contribution in [0.4, 0.5) is 28.8 Å².